The van der Waals surface area contributed by atoms with E-state index in [9.17, 15) is 4.79 Å². The second-order valence-corrected chi connectivity index (χ2v) is 4.00. The molecule has 0 fully saturated rings. The van der Waals surface area contributed by atoms with Gasteiger partial charge in [0.25, 0.3) is 11.8 Å². The Balaban J connectivity index is 1.92. The molecule has 0 atom stereocenters. The third-order valence-electron chi connectivity index (χ3n) is 2.58. The third-order valence-corrected chi connectivity index (χ3v) is 2.58. The Kier molecular flexibility index (Phi) is 2.96. The zero-order valence-electron chi connectivity index (χ0n) is 10.5. The molecule has 0 radical (unpaired) electrons. The fraction of sp³-hybridized carbons (Fsp3) is 0.0833. The largest absolute Gasteiger partial charge is 0.334 e. The minimum Gasteiger partial charge on any atom is -0.334 e. The molecule has 3 aromatic rings. The summed E-state index contributed by atoms with van der Waals surface area (Å²) in [6, 6.07) is 7.14. The van der Waals surface area contributed by atoms with Crippen LogP contribution in [0, 0.1) is 6.92 Å². The standard InChI is InChI=1S/C12H10N6O2/c1-7-14-12(20-17-7)8-4-2-3-5-9(8)15-11(19)10-6-13-18-16-10/h2-6H,1H3,(H,15,19)(H,13,16,18). The van der Waals surface area contributed by atoms with Crippen molar-refractivity contribution in [2.75, 3.05) is 5.32 Å². The molecule has 0 spiro atoms. The molecule has 0 unspecified atom stereocenters. The SMILES string of the molecule is Cc1noc(-c2ccccc2NC(=O)c2cn[nH]n2)n1. The highest BCUT2D eigenvalue weighted by Gasteiger charge is 2.15. The van der Waals surface area contributed by atoms with Gasteiger partial charge in [-0.05, 0) is 19.1 Å². The van der Waals surface area contributed by atoms with Crippen molar-refractivity contribution in [3.05, 3.63) is 42.0 Å². The molecule has 20 heavy (non-hydrogen) atoms. The Labute approximate surface area is 113 Å². The van der Waals surface area contributed by atoms with Gasteiger partial charge in [-0.15, -0.1) is 0 Å². The summed E-state index contributed by atoms with van der Waals surface area (Å²) in [6.45, 7) is 1.73. The number of anilines is 1. The second kappa shape index (κ2) is 4.92. The zero-order valence-corrected chi connectivity index (χ0v) is 10.5. The van der Waals surface area contributed by atoms with Gasteiger partial charge in [-0.3, -0.25) is 4.79 Å². The molecule has 1 amide bonds. The van der Waals surface area contributed by atoms with E-state index in [4.69, 9.17) is 4.52 Å². The van der Waals surface area contributed by atoms with Crippen LogP contribution in [0.15, 0.2) is 35.0 Å². The summed E-state index contributed by atoms with van der Waals surface area (Å²) in [5, 5.41) is 16.2. The normalized spacial score (nSPS) is 10.4. The summed E-state index contributed by atoms with van der Waals surface area (Å²) in [6.07, 6.45) is 1.34. The predicted octanol–water partition coefficient (Wildman–Crippen LogP) is 1.42. The van der Waals surface area contributed by atoms with E-state index in [0.29, 0.717) is 23.0 Å². The number of hydrogen-bond donors (Lipinski definition) is 2. The number of aryl methyl sites for hydroxylation is 1. The van der Waals surface area contributed by atoms with Crippen molar-refractivity contribution in [2.45, 2.75) is 6.92 Å². The molecule has 0 aliphatic rings. The van der Waals surface area contributed by atoms with E-state index in [-0.39, 0.29) is 11.6 Å². The van der Waals surface area contributed by atoms with Crippen molar-refractivity contribution < 1.29 is 9.32 Å². The number of nitrogens with one attached hydrogen (secondary N) is 2. The van der Waals surface area contributed by atoms with E-state index in [2.05, 4.69) is 30.9 Å². The number of hydrogen-bond acceptors (Lipinski definition) is 6. The lowest BCUT2D eigenvalue weighted by Crippen LogP contribution is -2.13. The van der Waals surface area contributed by atoms with Crippen molar-refractivity contribution in [2.24, 2.45) is 0 Å². The molecule has 8 heteroatoms. The van der Waals surface area contributed by atoms with E-state index in [1.807, 2.05) is 6.07 Å². The lowest BCUT2D eigenvalue weighted by Gasteiger charge is -2.06. The van der Waals surface area contributed by atoms with E-state index in [0.717, 1.165) is 0 Å². The first-order valence-electron chi connectivity index (χ1n) is 5.81. The molecule has 100 valence electrons. The third kappa shape index (κ3) is 2.26. The number of aromatic nitrogens is 5. The molecule has 0 saturated carbocycles. The summed E-state index contributed by atoms with van der Waals surface area (Å²) in [5.74, 6) is 0.499. The topological polar surface area (TPSA) is 110 Å². The van der Waals surface area contributed by atoms with E-state index in [1.54, 1.807) is 25.1 Å². The summed E-state index contributed by atoms with van der Waals surface area (Å²) < 4.78 is 5.12. The minimum atomic E-state index is -0.373. The van der Waals surface area contributed by atoms with Crippen LogP contribution in [-0.2, 0) is 0 Å². The molecule has 8 nitrogen and oxygen atoms in total. The number of benzene rings is 1. The summed E-state index contributed by atoms with van der Waals surface area (Å²) in [5.41, 5.74) is 1.40. The van der Waals surface area contributed by atoms with Crippen molar-refractivity contribution in [3.63, 3.8) is 0 Å². The van der Waals surface area contributed by atoms with Gasteiger partial charge in [0.2, 0.25) is 0 Å². The van der Waals surface area contributed by atoms with Gasteiger partial charge in [0.1, 0.15) is 0 Å². The summed E-state index contributed by atoms with van der Waals surface area (Å²) in [7, 11) is 0. The van der Waals surface area contributed by atoms with Crippen molar-refractivity contribution in [1.82, 2.24) is 25.6 Å². The van der Waals surface area contributed by atoms with Gasteiger partial charge in [-0.25, -0.2) is 0 Å². The van der Waals surface area contributed by atoms with Crippen LogP contribution in [-0.4, -0.2) is 31.5 Å². The van der Waals surface area contributed by atoms with Gasteiger partial charge < -0.3 is 9.84 Å². The van der Waals surface area contributed by atoms with Crippen molar-refractivity contribution in [3.8, 4) is 11.5 Å². The van der Waals surface area contributed by atoms with Crippen LogP contribution < -0.4 is 5.32 Å². The van der Waals surface area contributed by atoms with Crippen molar-refractivity contribution >= 4 is 11.6 Å². The van der Waals surface area contributed by atoms with E-state index < -0.39 is 0 Å². The lowest BCUT2D eigenvalue weighted by molar-refractivity contribution is 0.102. The monoisotopic (exact) mass is 270 g/mol. The molecule has 1 aromatic carbocycles. The first-order chi connectivity index (χ1) is 9.74. The lowest BCUT2D eigenvalue weighted by atomic mass is 10.1. The highest BCUT2D eigenvalue weighted by Crippen LogP contribution is 2.26. The number of nitrogens with zero attached hydrogens (tertiary/aromatic N) is 4. The van der Waals surface area contributed by atoms with Gasteiger partial charge in [-0.2, -0.15) is 20.4 Å². The van der Waals surface area contributed by atoms with E-state index in [1.165, 1.54) is 6.20 Å². The zero-order chi connectivity index (χ0) is 13.9. The highest BCUT2D eigenvalue weighted by molar-refractivity contribution is 6.04. The summed E-state index contributed by atoms with van der Waals surface area (Å²) >= 11 is 0. The maximum atomic E-state index is 12.0. The number of rotatable bonds is 3. The fourth-order valence-electron chi connectivity index (χ4n) is 1.68. The first kappa shape index (κ1) is 12.0. The number of para-hydroxylation sites is 1. The number of carbonyl (C=O) groups excluding carboxylic acids is 1. The molecule has 2 aromatic heterocycles. The number of carbonyl (C=O) groups is 1. The smallest absolute Gasteiger partial charge is 0.277 e. The summed E-state index contributed by atoms with van der Waals surface area (Å²) in [4.78, 5) is 16.1. The minimum absolute atomic E-state index is 0.196. The molecule has 2 N–H and O–H groups in total. The number of H-pyrrole nitrogens is 1. The molecular weight excluding hydrogens is 260 g/mol. The number of aromatic amines is 1. The van der Waals surface area contributed by atoms with Crippen LogP contribution >= 0.6 is 0 Å². The average Bonchev–Trinajstić information content (AvgIpc) is 3.10. The average molecular weight is 270 g/mol. The van der Waals surface area contributed by atoms with Crippen LogP contribution in [0.4, 0.5) is 5.69 Å². The molecular formula is C12H10N6O2. The van der Waals surface area contributed by atoms with Gasteiger partial charge >= 0.3 is 0 Å². The Hall–Kier alpha value is -3.03. The van der Waals surface area contributed by atoms with E-state index >= 15 is 0 Å². The second-order valence-electron chi connectivity index (χ2n) is 4.00. The number of amides is 1. The van der Waals surface area contributed by atoms with Crippen LogP contribution in [0.1, 0.15) is 16.3 Å². The fourth-order valence-corrected chi connectivity index (χ4v) is 1.68. The molecule has 0 aliphatic carbocycles. The molecule has 3 rings (SSSR count). The van der Waals surface area contributed by atoms with Crippen molar-refractivity contribution in [1.29, 1.82) is 0 Å². The van der Waals surface area contributed by atoms with Crippen LogP contribution in [0.2, 0.25) is 0 Å². The quantitative estimate of drug-likeness (QED) is 0.744. The maximum absolute atomic E-state index is 12.0. The Bertz CT molecular complexity index is 734. The van der Waals surface area contributed by atoms with Crippen LogP contribution in [0.3, 0.4) is 0 Å². The highest BCUT2D eigenvalue weighted by atomic mass is 16.5. The Morgan fingerprint density at radius 2 is 2.20 bits per heavy atom. The molecule has 0 saturated heterocycles. The molecule has 0 aliphatic heterocycles. The Morgan fingerprint density at radius 1 is 1.35 bits per heavy atom. The van der Waals surface area contributed by atoms with Crippen LogP contribution in [0.5, 0.6) is 0 Å². The predicted molar refractivity (Wildman–Crippen MR) is 68.8 cm³/mol. The van der Waals surface area contributed by atoms with Gasteiger partial charge in [0.05, 0.1) is 17.4 Å². The van der Waals surface area contributed by atoms with Gasteiger partial charge in [-0.1, -0.05) is 17.3 Å². The maximum Gasteiger partial charge on any atom is 0.277 e. The van der Waals surface area contributed by atoms with Crippen LogP contribution in [0.25, 0.3) is 11.5 Å². The van der Waals surface area contributed by atoms with Gasteiger partial charge in [0.15, 0.2) is 11.5 Å². The molecule has 0 bridgehead atoms. The molecule has 2 heterocycles. The van der Waals surface area contributed by atoms with Gasteiger partial charge in [0, 0.05) is 0 Å². The Morgan fingerprint density at radius 3 is 2.90 bits per heavy atom. The first-order valence-corrected chi connectivity index (χ1v) is 5.81.